The molecule has 39 heavy (non-hydrogen) atoms. The average molecular weight is 534 g/mol. The van der Waals surface area contributed by atoms with Crippen molar-refractivity contribution in [2.24, 2.45) is 23.2 Å². The minimum Gasteiger partial charge on any atom is -0.393 e. The van der Waals surface area contributed by atoms with Crippen molar-refractivity contribution in [3.8, 4) is 0 Å². The summed E-state index contributed by atoms with van der Waals surface area (Å²) in [6.07, 6.45) is 22.1. The number of aryl methyl sites for hydroxylation is 1. The van der Waals surface area contributed by atoms with E-state index in [2.05, 4.69) is 68.9 Å². The maximum absolute atomic E-state index is 11.3. The molecule has 4 N–H and O–H groups in total. The molecule has 7 atom stereocenters. The van der Waals surface area contributed by atoms with Crippen LogP contribution in [0.25, 0.3) is 0 Å². The molecule has 4 fully saturated rings. The second kappa shape index (κ2) is 11.5. The van der Waals surface area contributed by atoms with E-state index in [1.165, 1.54) is 55.4 Å². The average Bonchev–Trinajstić information content (AvgIpc) is 3.44. The minimum atomic E-state index is -0.635. The van der Waals surface area contributed by atoms with Gasteiger partial charge in [-0.2, -0.15) is 0 Å². The Morgan fingerprint density at radius 1 is 1.15 bits per heavy atom. The fourth-order valence-corrected chi connectivity index (χ4v) is 8.32. The van der Waals surface area contributed by atoms with Gasteiger partial charge in [0, 0.05) is 23.7 Å². The monoisotopic (exact) mass is 533 g/mol. The topological polar surface area (TPSA) is 76.5 Å². The van der Waals surface area contributed by atoms with Gasteiger partial charge in [-0.3, -0.25) is 0 Å². The molecular weight excluding hydrogens is 482 g/mol. The molecule has 1 aromatic rings. The summed E-state index contributed by atoms with van der Waals surface area (Å²) in [6, 6.07) is 2.29. The van der Waals surface area contributed by atoms with Gasteiger partial charge in [0.05, 0.1) is 18.3 Å². The molecular formula is C35H51NO3. The van der Waals surface area contributed by atoms with Gasteiger partial charge in [-0.25, -0.2) is 0 Å². The lowest BCUT2D eigenvalue weighted by Gasteiger charge is -2.44. The Balaban J connectivity index is 1.26. The van der Waals surface area contributed by atoms with Gasteiger partial charge in [-0.05, 0) is 110 Å². The smallest absolute Gasteiger partial charge is 0.0831 e. The first-order chi connectivity index (χ1) is 18.7. The number of aliphatic hydroxyl groups is 3. The molecule has 0 aliphatic heterocycles. The SMILES string of the molecule is C=C1C(=CC=C2CCC[C@]3(C)[C@@H]([C@H](C)C=C[C@@H](O)C4(c5cc(CCCC)c[nH]5)CC4)CC[C@@H]23)C[C@@H](O)C[C@@H]1O. The van der Waals surface area contributed by atoms with Gasteiger partial charge in [0.1, 0.15) is 0 Å². The Hall–Kier alpha value is -1.88. The molecule has 0 radical (unpaired) electrons. The van der Waals surface area contributed by atoms with Crippen LogP contribution >= 0.6 is 0 Å². The van der Waals surface area contributed by atoms with E-state index in [0.717, 1.165) is 36.8 Å². The van der Waals surface area contributed by atoms with Crippen molar-refractivity contribution in [1.29, 1.82) is 0 Å². The molecule has 1 heterocycles. The highest BCUT2D eigenvalue weighted by atomic mass is 16.3. The maximum Gasteiger partial charge on any atom is 0.0831 e. The summed E-state index contributed by atoms with van der Waals surface area (Å²) in [4.78, 5) is 3.49. The lowest BCUT2D eigenvalue weighted by atomic mass is 9.61. The number of hydrogen-bond acceptors (Lipinski definition) is 3. The van der Waals surface area contributed by atoms with E-state index >= 15 is 0 Å². The van der Waals surface area contributed by atoms with Crippen LogP contribution in [0, 0.1) is 23.2 Å². The Morgan fingerprint density at radius 2 is 1.95 bits per heavy atom. The molecule has 0 bridgehead atoms. The van der Waals surface area contributed by atoms with Gasteiger partial charge in [-0.1, -0.05) is 63.6 Å². The molecule has 0 saturated heterocycles. The maximum atomic E-state index is 11.3. The third kappa shape index (κ3) is 5.67. The quantitative estimate of drug-likeness (QED) is 0.256. The number of allylic oxidation sites excluding steroid dienone is 4. The zero-order chi connectivity index (χ0) is 27.8. The van der Waals surface area contributed by atoms with Gasteiger partial charge in [0.25, 0.3) is 0 Å². The lowest BCUT2D eigenvalue weighted by molar-refractivity contribution is 0.0862. The van der Waals surface area contributed by atoms with Crippen LogP contribution in [0.5, 0.6) is 0 Å². The van der Waals surface area contributed by atoms with Crippen molar-refractivity contribution in [2.75, 3.05) is 0 Å². The van der Waals surface area contributed by atoms with Crippen LogP contribution < -0.4 is 0 Å². The number of aromatic nitrogens is 1. The highest BCUT2D eigenvalue weighted by Crippen LogP contribution is 2.60. The lowest BCUT2D eigenvalue weighted by Crippen LogP contribution is -2.35. The van der Waals surface area contributed by atoms with E-state index in [9.17, 15) is 15.3 Å². The van der Waals surface area contributed by atoms with Crippen LogP contribution in [0.2, 0.25) is 0 Å². The Morgan fingerprint density at radius 3 is 2.69 bits per heavy atom. The number of aromatic amines is 1. The van der Waals surface area contributed by atoms with Gasteiger partial charge in [0.15, 0.2) is 0 Å². The van der Waals surface area contributed by atoms with Crippen molar-refractivity contribution in [1.82, 2.24) is 4.98 Å². The number of aliphatic hydroxyl groups excluding tert-OH is 3. The summed E-state index contributed by atoms with van der Waals surface area (Å²) in [5, 5.41) is 31.7. The third-order valence-corrected chi connectivity index (χ3v) is 11.0. The van der Waals surface area contributed by atoms with Crippen LogP contribution in [0.1, 0.15) is 103 Å². The van der Waals surface area contributed by atoms with Gasteiger partial charge in [0.2, 0.25) is 0 Å². The number of hydrogen-bond donors (Lipinski definition) is 4. The van der Waals surface area contributed by atoms with Crippen molar-refractivity contribution >= 4 is 0 Å². The summed E-state index contributed by atoms with van der Waals surface area (Å²) >= 11 is 0. The van der Waals surface area contributed by atoms with Gasteiger partial charge in [-0.15, -0.1) is 0 Å². The Labute approximate surface area is 236 Å². The standard InChI is InChI=1S/C35H51NO3/c1-5-6-8-25-19-32(36-22-25)35(17-18-35)33(39)15-10-23(2)29-13-14-30-26(9-7-16-34(29,30)4)11-12-27-20-28(37)21-31(38)24(27)3/h10-12,15,19,22-23,28-31,33,36-39H,3,5-9,13-14,16-18,20-21H2,1-2,4H3/t23-,28-,29-,30+,31+,33-,34-/m1/s1. The zero-order valence-electron chi connectivity index (χ0n) is 24.5. The highest BCUT2D eigenvalue weighted by Gasteiger charge is 2.52. The summed E-state index contributed by atoms with van der Waals surface area (Å²) in [5.41, 5.74) is 6.01. The molecule has 1 aromatic heterocycles. The van der Waals surface area contributed by atoms with Crippen molar-refractivity contribution in [3.05, 3.63) is 71.1 Å². The molecule has 0 amide bonds. The predicted octanol–water partition coefficient (Wildman–Crippen LogP) is 7.08. The molecule has 0 unspecified atom stereocenters. The van der Waals surface area contributed by atoms with Crippen LogP contribution in [-0.2, 0) is 11.8 Å². The number of rotatable bonds is 9. The van der Waals surface area contributed by atoms with Crippen LogP contribution in [0.4, 0.5) is 0 Å². The van der Waals surface area contributed by atoms with Crippen molar-refractivity contribution in [2.45, 2.75) is 122 Å². The van der Waals surface area contributed by atoms with E-state index in [1.807, 2.05) is 0 Å². The molecule has 4 aliphatic carbocycles. The minimum absolute atomic E-state index is 0.124. The van der Waals surface area contributed by atoms with E-state index in [4.69, 9.17) is 0 Å². The van der Waals surface area contributed by atoms with E-state index in [1.54, 1.807) is 0 Å². The molecule has 4 saturated carbocycles. The summed E-state index contributed by atoms with van der Waals surface area (Å²) in [7, 11) is 0. The van der Waals surface area contributed by atoms with Crippen molar-refractivity contribution in [3.63, 3.8) is 0 Å². The second-order valence-corrected chi connectivity index (χ2v) is 13.5. The van der Waals surface area contributed by atoms with Crippen LogP contribution in [0.15, 0.2) is 59.9 Å². The third-order valence-electron chi connectivity index (χ3n) is 11.0. The summed E-state index contributed by atoms with van der Waals surface area (Å²) in [5.74, 6) is 1.61. The first-order valence-electron chi connectivity index (χ1n) is 15.7. The molecule has 4 heteroatoms. The fraction of sp³-hybridized carbons (Fsp3) is 0.657. The normalized spacial score (nSPS) is 36.0. The number of nitrogens with one attached hydrogen (secondary N) is 1. The Bertz CT molecular complexity index is 1120. The molecule has 5 rings (SSSR count). The van der Waals surface area contributed by atoms with Crippen LogP contribution in [-0.4, -0.2) is 38.6 Å². The first kappa shape index (κ1) is 28.6. The second-order valence-electron chi connectivity index (χ2n) is 13.5. The molecule has 4 nitrogen and oxygen atoms in total. The number of H-pyrrole nitrogens is 1. The molecule has 4 aliphatic rings. The number of fused-ring (bicyclic) bond motifs is 1. The summed E-state index contributed by atoms with van der Waals surface area (Å²) in [6.45, 7) is 11.2. The van der Waals surface area contributed by atoms with E-state index in [0.29, 0.717) is 30.6 Å². The largest absolute Gasteiger partial charge is 0.393 e. The first-order valence-corrected chi connectivity index (χ1v) is 15.7. The molecule has 0 spiro atoms. The van der Waals surface area contributed by atoms with E-state index in [-0.39, 0.29) is 10.8 Å². The zero-order valence-corrected chi connectivity index (χ0v) is 24.5. The van der Waals surface area contributed by atoms with Crippen LogP contribution in [0.3, 0.4) is 0 Å². The molecule has 214 valence electrons. The fourth-order valence-electron chi connectivity index (χ4n) is 8.32. The van der Waals surface area contributed by atoms with Crippen molar-refractivity contribution < 1.29 is 15.3 Å². The Kier molecular flexibility index (Phi) is 8.48. The summed E-state index contributed by atoms with van der Waals surface area (Å²) < 4.78 is 0. The molecule has 0 aromatic carbocycles. The number of unbranched alkanes of at least 4 members (excludes halogenated alkanes) is 1. The van der Waals surface area contributed by atoms with Gasteiger partial charge < -0.3 is 20.3 Å². The highest BCUT2D eigenvalue weighted by molar-refractivity contribution is 5.39. The van der Waals surface area contributed by atoms with E-state index < -0.39 is 18.3 Å². The predicted molar refractivity (Wildman–Crippen MR) is 159 cm³/mol. The van der Waals surface area contributed by atoms with Gasteiger partial charge >= 0.3 is 0 Å².